The summed E-state index contributed by atoms with van der Waals surface area (Å²) in [6.07, 6.45) is 2.51. The highest BCUT2D eigenvalue weighted by molar-refractivity contribution is 5.96. The average Bonchev–Trinajstić information content (AvgIpc) is 2.55. The van der Waals surface area contributed by atoms with Crippen LogP contribution in [0, 0.1) is 0 Å². The third-order valence-corrected chi connectivity index (χ3v) is 3.64. The second-order valence-electron chi connectivity index (χ2n) is 5.19. The number of hydrogen-bond donors (Lipinski definition) is 1. The largest absolute Gasteiger partial charge is 0.340 e. The van der Waals surface area contributed by atoms with Crippen molar-refractivity contribution >= 4 is 28.2 Å². The van der Waals surface area contributed by atoms with Crippen LogP contribution in [0.3, 0.4) is 0 Å². The summed E-state index contributed by atoms with van der Waals surface area (Å²) in [4.78, 5) is 20.1. The number of carbonyl (C=O) groups is 1. The van der Waals surface area contributed by atoms with E-state index in [1.807, 2.05) is 24.3 Å². The molecule has 0 saturated heterocycles. The molecule has 4 nitrogen and oxygen atoms in total. The molecule has 4 heteroatoms. The van der Waals surface area contributed by atoms with Crippen LogP contribution in [-0.2, 0) is 6.42 Å². The summed E-state index contributed by atoms with van der Waals surface area (Å²) in [7, 11) is 0. The summed E-state index contributed by atoms with van der Waals surface area (Å²) in [5.74, 6) is 0.797. The van der Waals surface area contributed by atoms with E-state index >= 15 is 0 Å². The lowest BCUT2D eigenvalue weighted by Crippen LogP contribution is -1.98. The molecule has 0 aliphatic heterocycles. The minimum absolute atomic E-state index is 0.0458. The van der Waals surface area contributed by atoms with Gasteiger partial charge in [-0.1, -0.05) is 25.1 Å². The second-order valence-corrected chi connectivity index (χ2v) is 5.19. The van der Waals surface area contributed by atoms with Gasteiger partial charge in [0.05, 0.1) is 5.52 Å². The smallest absolute Gasteiger partial charge is 0.159 e. The van der Waals surface area contributed by atoms with E-state index < -0.39 is 0 Å². The third kappa shape index (κ3) is 2.81. The SMILES string of the molecule is CCc1ccc2ncnc(Nc3cccc(C(C)=O)c3)c2c1. The summed E-state index contributed by atoms with van der Waals surface area (Å²) >= 11 is 0. The van der Waals surface area contributed by atoms with Gasteiger partial charge in [-0.3, -0.25) is 4.79 Å². The van der Waals surface area contributed by atoms with Crippen molar-refractivity contribution < 1.29 is 4.79 Å². The molecule has 1 N–H and O–H groups in total. The zero-order valence-corrected chi connectivity index (χ0v) is 12.6. The van der Waals surface area contributed by atoms with E-state index in [0.29, 0.717) is 5.56 Å². The van der Waals surface area contributed by atoms with E-state index in [0.717, 1.165) is 28.8 Å². The van der Waals surface area contributed by atoms with Gasteiger partial charge in [-0.15, -0.1) is 0 Å². The summed E-state index contributed by atoms with van der Waals surface area (Å²) < 4.78 is 0. The quantitative estimate of drug-likeness (QED) is 0.734. The van der Waals surface area contributed by atoms with Gasteiger partial charge in [-0.2, -0.15) is 0 Å². The summed E-state index contributed by atoms with van der Waals surface area (Å²) in [6.45, 7) is 3.68. The van der Waals surface area contributed by atoms with Crippen LogP contribution in [-0.4, -0.2) is 15.8 Å². The van der Waals surface area contributed by atoms with Gasteiger partial charge in [-0.25, -0.2) is 9.97 Å². The molecule has 0 aliphatic rings. The number of fused-ring (bicyclic) bond motifs is 1. The van der Waals surface area contributed by atoms with Gasteiger partial charge in [0.25, 0.3) is 0 Å². The van der Waals surface area contributed by atoms with E-state index in [1.165, 1.54) is 5.56 Å². The van der Waals surface area contributed by atoms with Crippen molar-refractivity contribution in [1.82, 2.24) is 9.97 Å². The highest BCUT2D eigenvalue weighted by Crippen LogP contribution is 2.24. The molecule has 2 aromatic carbocycles. The number of aryl methyl sites for hydroxylation is 1. The lowest BCUT2D eigenvalue weighted by atomic mass is 10.1. The molecule has 0 spiro atoms. The van der Waals surface area contributed by atoms with Crippen LogP contribution in [0.5, 0.6) is 0 Å². The predicted molar refractivity (Wildman–Crippen MR) is 88.6 cm³/mol. The molecule has 0 atom stereocenters. The maximum atomic E-state index is 11.5. The molecule has 3 aromatic rings. The highest BCUT2D eigenvalue weighted by Gasteiger charge is 2.06. The van der Waals surface area contributed by atoms with Gasteiger partial charge in [0.15, 0.2) is 5.78 Å². The van der Waals surface area contributed by atoms with Gasteiger partial charge in [-0.05, 0) is 43.2 Å². The number of rotatable bonds is 4. The minimum Gasteiger partial charge on any atom is -0.340 e. The van der Waals surface area contributed by atoms with Crippen LogP contribution >= 0.6 is 0 Å². The monoisotopic (exact) mass is 291 g/mol. The van der Waals surface area contributed by atoms with E-state index in [9.17, 15) is 4.79 Å². The number of benzene rings is 2. The Kier molecular flexibility index (Phi) is 3.83. The van der Waals surface area contributed by atoms with Crippen molar-refractivity contribution in [3.63, 3.8) is 0 Å². The fraction of sp³-hybridized carbons (Fsp3) is 0.167. The molecule has 0 bridgehead atoms. The normalized spacial score (nSPS) is 10.6. The molecule has 1 heterocycles. The first-order valence-corrected chi connectivity index (χ1v) is 7.29. The molecule has 110 valence electrons. The summed E-state index contributed by atoms with van der Waals surface area (Å²) in [5.41, 5.74) is 3.66. The van der Waals surface area contributed by atoms with Gasteiger partial charge < -0.3 is 5.32 Å². The predicted octanol–water partition coefficient (Wildman–Crippen LogP) is 4.14. The Hall–Kier alpha value is -2.75. The van der Waals surface area contributed by atoms with Crippen molar-refractivity contribution in [2.24, 2.45) is 0 Å². The maximum absolute atomic E-state index is 11.5. The zero-order valence-electron chi connectivity index (χ0n) is 12.6. The molecule has 1 aromatic heterocycles. The van der Waals surface area contributed by atoms with Crippen LogP contribution in [0.15, 0.2) is 48.8 Å². The molecular formula is C18H17N3O. The number of nitrogens with zero attached hydrogens (tertiary/aromatic N) is 2. The number of nitrogens with one attached hydrogen (secondary N) is 1. The fourth-order valence-corrected chi connectivity index (χ4v) is 2.38. The van der Waals surface area contributed by atoms with Crippen LogP contribution in [0.2, 0.25) is 0 Å². The molecule has 0 unspecified atom stereocenters. The molecule has 3 rings (SSSR count). The molecule has 0 amide bonds. The van der Waals surface area contributed by atoms with Crippen LogP contribution in [0.4, 0.5) is 11.5 Å². The van der Waals surface area contributed by atoms with E-state index in [4.69, 9.17) is 0 Å². The molecule has 22 heavy (non-hydrogen) atoms. The van der Waals surface area contributed by atoms with Gasteiger partial charge in [0.2, 0.25) is 0 Å². The van der Waals surface area contributed by atoms with E-state index in [1.54, 1.807) is 19.3 Å². The van der Waals surface area contributed by atoms with Gasteiger partial charge >= 0.3 is 0 Å². The Bertz CT molecular complexity index is 843. The molecule has 0 saturated carbocycles. The third-order valence-electron chi connectivity index (χ3n) is 3.64. The Labute approximate surface area is 129 Å². The van der Waals surface area contributed by atoms with Crippen LogP contribution in [0.1, 0.15) is 29.8 Å². The van der Waals surface area contributed by atoms with E-state index in [-0.39, 0.29) is 5.78 Å². The van der Waals surface area contributed by atoms with Crippen molar-refractivity contribution in [1.29, 1.82) is 0 Å². The second kappa shape index (κ2) is 5.93. The Balaban J connectivity index is 2.03. The van der Waals surface area contributed by atoms with Crippen molar-refractivity contribution in [3.8, 4) is 0 Å². The minimum atomic E-state index is 0.0458. The topological polar surface area (TPSA) is 54.9 Å². The maximum Gasteiger partial charge on any atom is 0.159 e. The van der Waals surface area contributed by atoms with Crippen molar-refractivity contribution in [3.05, 3.63) is 59.9 Å². The number of hydrogen-bond acceptors (Lipinski definition) is 4. The van der Waals surface area contributed by atoms with Gasteiger partial charge in [0.1, 0.15) is 12.1 Å². The molecular weight excluding hydrogens is 274 g/mol. The van der Waals surface area contributed by atoms with Crippen molar-refractivity contribution in [2.75, 3.05) is 5.32 Å². The Morgan fingerprint density at radius 3 is 2.77 bits per heavy atom. The van der Waals surface area contributed by atoms with Crippen molar-refractivity contribution in [2.45, 2.75) is 20.3 Å². The molecule has 0 aliphatic carbocycles. The number of carbonyl (C=O) groups excluding carboxylic acids is 1. The Morgan fingerprint density at radius 1 is 1.14 bits per heavy atom. The summed E-state index contributed by atoms with van der Waals surface area (Å²) in [6, 6.07) is 13.6. The fourth-order valence-electron chi connectivity index (χ4n) is 2.38. The van der Waals surface area contributed by atoms with E-state index in [2.05, 4.69) is 34.3 Å². The van der Waals surface area contributed by atoms with Gasteiger partial charge in [0, 0.05) is 16.6 Å². The molecule has 0 radical (unpaired) electrons. The standard InChI is InChI=1S/C18H17N3O/c1-3-13-7-8-17-16(9-13)18(20-11-19-17)21-15-6-4-5-14(10-15)12(2)22/h4-11H,3H2,1-2H3,(H,19,20,21). The number of Topliss-reactive ketones (excluding diaryl/α,β-unsaturated/α-hetero) is 1. The Morgan fingerprint density at radius 2 is 2.00 bits per heavy atom. The number of aromatic nitrogens is 2. The molecule has 0 fully saturated rings. The average molecular weight is 291 g/mol. The van der Waals surface area contributed by atoms with Crippen LogP contribution in [0.25, 0.3) is 10.9 Å². The lowest BCUT2D eigenvalue weighted by molar-refractivity contribution is 0.101. The first-order chi connectivity index (χ1) is 10.7. The number of ketones is 1. The lowest BCUT2D eigenvalue weighted by Gasteiger charge is -2.10. The first kappa shape index (κ1) is 14.2. The number of anilines is 2. The summed E-state index contributed by atoms with van der Waals surface area (Å²) in [5, 5.41) is 4.27. The van der Waals surface area contributed by atoms with Crippen LogP contribution < -0.4 is 5.32 Å². The first-order valence-electron chi connectivity index (χ1n) is 7.29. The highest BCUT2D eigenvalue weighted by atomic mass is 16.1. The zero-order chi connectivity index (χ0) is 15.5.